The lowest BCUT2D eigenvalue weighted by Crippen LogP contribution is -2.65. The van der Waals surface area contributed by atoms with Crippen LogP contribution in [0.2, 0.25) is 0 Å². The number of fused-ring (bicyclic) bond motifs is 6. The Morgan fingerprint density at radius 2 is 1.00 bits per heavy atom. The molecule has 8 rings (SSSR count). The van der Waals surface area contributed by atoms with E-state index in [0.29, 0.717) is 16.9 Å². The fraction of sp³-hybridized carbons (Fsp3) is 0.444. The van der Waals surface area contributed by atoms with E-state index in [1.807, 2.05) is 23.9 Å². The SMILES string of the molecule is C=C(C)OC(C)=O.CC(=O)CC(=O)C1=C(O)[C@@]2(O)C(=O)C3=C(O)c4c(O)ccc(N(C)C)c4C[C@H]3C[C@H]2[C@H](N(C)C)C1=O.CN(C)c1ccc(O)c2c1C[C@H]1C[C@H]3[C@H](N(C)C)C(=O)C(C(N)=O)=C(O)[C@@]3(O)C(=O)C1=C2O. The smallest absolute Gasteiger partial charge is 0.307 e. The number of ketones is 6. The van der Waals surface area contributed by atoms with Gasteiger partial charge in [-0.3, -0.25) is 48.2 Å². The number of nitrogens with zero attached hydrogens (tertiary/aromatic N) is 4. The summed E-state index contributed by atoms with van der Waals surface area (Å²) in [5.41, 5.74) is 0.935. The van der Waals surface area contributed by atoms with Crippen LogP contribution >= 0.6 is 0 Å². The van der Waals surface area contributed by atoms with Crippen LogP contribution in [-0.2, 0) is 55.9 Å². The van der Waals surface area contributed by atoms with E-state index in [0.717, 1.165) is 18.3 Å². The fourth-order valence-electron chi connectivity index (χ4n) is 11.9. The first kappa shape index (κ1) is 57.6. The fourth-order valence-corrected chi connectivity index (χ4v) is 11.9. The largest absolute Gasteiger partial charge is 0.508 e. The van der Waals surface area contributed by atoms with Gasteiger partial charge < -0.3 is 61.1 Å². The molecule has 2 saturated carbocycles. The predicted molar refractivity (Wildman–Crippen MR) is 275 cm³/mol. The molecule has 2 fully saturated rings. The summed E-state index contributed by atoms with van der Waals surface area (Å²) in [6, 6.07) is 3.96. The number of aliphatic hydroxyl groups excluding tert-OH is 4. The third kappa shape index (κ3) is 9.32. The number of carbonyl (C=O) groups is 8. The van der Waals surface area contributed by atoms with Gasteiger partial charge in [-0.1, -0.05) is 6.58 Å². The normalized spacial score (nSPS) is 26.4. The average molecular weight is 1060 g/mol. The first-order chi connectivity index (χ1) is 35.2. The van der Waals surface area contributed by atoms with Gasteiger partial charge in [0.25, 0.3) is 5.91 Å². The highest BCUT2D eigenvalue weighted by molar-refractivity contribution is 6.28. The number of carbonyl (C=O) groups excluding carboxylic acids is 8. The predicted octanol–water partition coefficient (Wildman–Crippen LogP) is 2.21. The molecular weight excluding hydrogens is 991 g/mol. The zero-order chi connectivity index (χ0) is 57.3. The van der Waals surface area contributed by atoms with Crippen LogP contribution in [0.3, 0.4) is 0 Å². The highest BCUT2D eigenvalue weighted by Crippen LogP contribution is 2.56. The van der Waals surface area contributed by atoms with Crippen molar-refractivity contribution in [3.8, 4) is 11.5 Å². The summed E-state index contributed by atoms with van der Waals surface area (Å²) in [6.07, 6.45) is -0.0730. The molecule has 0 heterocycles. The van der Waals surface area contributed by atoms with Crippen molar-refractivity contribution in [2.75, 3.05) is 66.2 Å². The Hall–Kier alpha value is -7.66. The summed E-state index contributed by atoms with van der Waals surface area (Å²) in [5, 5.41) is 88.5. The highest BCUT2D eigenvalue weighted by Gasteiger charge is 2.66. The molecular formula is C54H65N5O17. The number of hydrogen-bond acceptors (Lipinski definition) is 21. The second kappa shape index (κ2) is 20.8. The van der Waals surface area contributed by atoms with Crippen LogP contribution in [0.15, 0.2) is 70.4 Å². The van der Waals surface area contributed by atoms with Crippen LogP contribution in [0.5, 0.6) is 11.5 Å². The molecule has 8 atom stereocenters. The molecule has 22 heteroatoms. The van der Waals surface area contributed by atoms with Crippen LogP contribution < -0.4 is 15.5 Å². The van der Waals surface area contributed by atoms with Gasteiger partial charge in [0.1, 0.15) is 51.5 Å². The highest BCUT2D eigenvalue weighted by atomic mass is 16.5. The summed E-state index contributed by atoms with van der Waals surface area (Å²) < 4.78 is 4.42. The second-order valence-corrected chi connectivity index (χ2v) is 20.9. The van der Waals surface area contributed by atoms with E-state index in [1.54, 1.807) is 61.3 Å². The number of likely N-dealkylation sites (N-methyl/N-ethyl adjacent to an activating group) is 2. The number of nitrogens with two attached hydrogens (primary N) is 1. The van der Waals surface area contributed by atoms with Gasteiger partial charge in [-0.2, -0.15) is 0 Å². The zero-order valence-corrected chi connectivity index (χ0v) is 44.1. The van der Waals surface area contributed by atoms with Crippen molar-refractivity contribution >= 4 is 69.5 Å². The van der Waals surface area contributed by atoms with Gasteiger partial charge in [-0.25, -0.2) is 0 Å². The van der Waals surface area contributed by atoms with Gasteiger partial charge in [0, 0.05) is 69.5 Å². The quantitative estimate of drug-likeness (QED) is 0.0752. The van der Waals surface area contributed by atoms with Crippen molar-refractivity contribution in [3.05, 3.63) is 92.7 Å². The van der Waals surface area contributed by atoms with Gasteiger partial charge in [0.15, 0.2) is 28.6 Å². The molecule has 0 radical (unpaired) electrons. The van der Waals surface area contributed by atoms with Crippen molar-refractivity contribution in [3.63, 3.8) is 0 Å². The van der Waals surface area contributed by atoms with Gasteiger partial charge >= 0.3 is 5.97 Å². The maximum absolute atomic E-state index is 13.9. The summed E-state index contributed by atoms with van der Waals surface area (Å²) >= 11 is 0. The van der Waals surface area contributed by atoms with E-state index in [9.17, 15) is 79.2 Å². The third-order valence-corrected chi connectivity index (χ3v) is 14.9. The van der Waals surface area contributed by atoms with E-state index < -0.39 is 128 Å². The number of rotatable bonds is 9. The molecule has 1 amide bonds. The number of aromatic hydroxyl groups is 2. The Morgan fingerprint density at radius 1 is 0.632 bits per heavy atom. The molecule has 6 aliphatic carbocycles. The van der Waals surface area contributed by atoms with Gasteiger partial charge in [-0.15, -0.1) is 0 Å². The van der Waals surface area contributed by atoms with E-state index in [1.165, 1.54) is 28.9 Å². The number of phenolic OH excluding ortho intramolecular Hbond substituents is 2. The van der Waals surface area contributed by atoms with Crippen molar-refractivity contribution in [2.45, 2.75) is 76.2 Å². The number of amides is 1. The summed E-state index contributed by atoms with van der Waals surface area (Å²) in [4.78, 5) is 107. The van der Waals surface area contributed by atoms with E-state index in [-0.39, 0.29) is 65.4 Å². The average Bonchev–Trinajstić information content (AvgIpc) is 3.28. The maximum Gasteiger partial charge on any atom is 0.307 e. The summed E-state index contributed by atoms with van der Waals surface area (Å²) in [6.45, 7) is 7.47. The number of anilines is 2. The Kier molecular flexibility index (Phi) is 15.8. The molecule has 0 saturated heterocycles. The number of primary amides is 1. The first-order valence-electron chi connectivity index (χ1n) is 24.1. The monoisotopic (exact) mass is 1060 g/mol. The minimum absolute atomic E-state index is 0.0381. The Morgan fingerprint density at radius 3 is 1.30 bits per heavy atom. The molecule has 22 nitrogen and oxygen atoms in total. The van der Waals surface area contributed by atoms with Crippen LogP contribution in [0, 0.1) is 23.7 Å². The number of allylic oxidation sites excluding steroid dienone is 1. The second-order valence-electron chi connectivity index (χ2n) is 20.9. The lowest BCUT2D eigenvalue weighted by molar-refractivity contribution is -0.155. The molecule has 0 aliphatic heterocycles. The number of phenols is 2. The molecule has 2 aromatic carbocycles. The lowest BCUT2D eigenvalue weighted by atomic mass is 9.57. The summed E-state index contributed by atoms with van der Waals surface area (Å²) in [5.74, 6) is -13.3. The van der Waals surface area contributed by atoms with Crippen LogP contribution in [-0.4, -0.2) is 177 Å². The van der Waals surface area contributed by atoms with Gasteiger partial charge in [-0.05, 0) is 115 Å². The van der Waals surface area contributed by atoms with Crippen molar-refractivity contribution < 1.29 is 83.9 Å². The van der Waals surface area contributed by atoms with E-state index >= 15 is 0 Å². The van der Waals surface area contributed by atoms with E-state index in [2.05, 4.69) is 11.3 Å². The number of aliphatic hydroxyl groups is 6. The molecule has 2 aromatic rings. The summed E-state index contributed by atoms with van der Waals surface area (Å²) in [7, 11) is 13.5. The molecule has 6 aliphatic rings. The lowest BCUT2D eigenvalue weighted by Gasteiger charge is -2.50. The molecule has 76 heavy (non-hydrogen) atoms. The van der Waals surface area contributed by atoms with Crippen molar-refractivity contribution in [1.82, 2.24) is 9.80 Å². The van der Waals surface area contributed by atoms with E-state index in [4.69, 9.17) is 5.73 Å². The minimum atomic E-state index is -2.67. The minimum Gasteiger partial charge on any atom is -0.508 e. The van der Waals surface area contributed by atoms with Crippen molar-refractivity contribution in [2.24, 2.45) is 29.4 Å². The molecule has 0 spiro atoms. The number of esters is 1. The number of hydrogen-bond donors (Lipinski definition) is 9. The number of ether oxygens (including phenoxy) is 1. The molecule has 0 aromatic heterocycles. The Balaban J connectivity index is 0.000000220. The first-order valence-corrected chi connectivity index (χ1v) is 24.1. The number of Topliss-reactive ketones (excluding diaryl/α,β-unsaturated/α-hetero) is 6. The Labute approximate surface area is 437 Å². The molecule has 0 unspecified atom stereocenters. The third-order valence-electron chi connectivity index (χ3n) is 14.9. The molecule has 0 bridgehead atoms. The maximum atomic E-state index is 13.9. The van der Waals surface area contributed by atoms with Gasteiger partial charge in [0.2, 0.25) is 11.6 Å². The Bertz CT molecular complexity index is 3040. The molecule has 10 N–H and O–H groups in total. The molecule has 408 valence electrons. The number of benzene rings is 2. The van der Waals surface area contributed by atoms with Gasteiger partial charge in [0.05, 0.1) is 35.4 Å². The zero-order valence-electron chi connectivity index (χ0n) is 44.1. The van der Waals surface area contributed by atoms with Crippen LogP contribution in [0.1, 0.15) is 62.3 Å². The van der Waals surface area contributed by atoms with Crippen LogP contribution in [0.4, 0.5) is 11.4 Å². The standard InChI is InChI=1S/C26H30N2O8.C23H27N3O7.C5H8O2/c1-11(29)8-17(31)20-23(33)21(28(4)5)14-10-12-9-13-15(27(2)3)6-7-16(30)19(13)22(32)18(12)24(34)26(14,36)25(20)35;1-25(2)12-5-6-13(27)15-10(12)7-9-8-11-17(26(3)4)19(29)16(22(24)32)21(31)23(11,33)20(30)14(9)18(15)28;1-4(2)7-5(3)6/h6-7,12,14,21,30,32,35-36H,8-10H2,1-5H3;5-6,9,11,17,27-28,31,33H,7-8H2,1-4H3,(H2,24,32);1H2,2-3H3/t12-,14-,21-,26-;9-,11-,17-,23-;/m00./s1. The van der Waals surface area contributed by atoms with Crippen LogP contribution in [0.25, 0.3) is 11.5 Å². The topological polar surface area (TPSA) is 347 Å². The van der Waals surface area contributed by atoms with Crippen molar-refractivity contribution in [1.29, 1.82) is 0 Å².